The highest BCUT2D eigenvalue weighted by molar-refractivity contribution is 7.10. The van der Waals surface area contributed by atoms with Crippen molar-refractivity contribution < 1.29 is 9.53 Å². The van der Waals surface area contributed by atoms with Gasteiger partial charge in [-0.05, 0) is 22.6 Å². The Morgan fingerprint density at radius 3 is 2.80 bits per heavy atom. The number of hydrogen-bond acceptors (Lipinski definition) is 4. The quantitative estimate of drug-likeness (QED) is 0.863. The maximum Gasteiger partial charge on any atom is 0.310 e. The summed E-state index contributed by atoms with van der Waals surface area (Å²) in [5, 5.41) is 2.62. The van der Waals surface area contributed by atoms with E-state index in [0.29, 0.717) is 11.6 Å². The second kappa shape index (κ2) is 6.88. The number of ether oxygens (including phenoxy) is 1. The number of methoxy groups -OCH3 is 1. The van der Waals surface area contributed by atoms with Crippen LogP contribution in [0.4, 0.5) is 0 Å². The predicted octanol–water partition coefficient (Wildman–Crippen LogP) is 3.21. The molecular weight excluding hydrogens is 294 g/mol. The number of halogens is 1. The summed E-state index contributed by atoms with van der Waals surface area (Å²) in [7, 11) is 1.37. The Morgan fingerprint density at radius 2 is 2.20 bits per heavy atom. The van der Waals surface area contributed by atoms with E-state index in [4.69, 9.17) is 17.3 Å². The van der Waals surface area contributed by atoms with Gasteiger partial charge in [0, 0.05) is 22.4 Å². The van der Waals surface area contributed by atoms with Crippen molar-refractivity contribution in [2.45, 2.75) is 12.3 Å². The van der Waals surface area contributed by atoms with Crippen LogP contribution in [0.15, 0.2) is 35.7 Å². The number of thiophene rings is 1. The minimum absolute atomic E-state index is 0.0556. The van der Waals surface area contributed by atoms with Crippen molar-refractivity contribution in [3.05, 3.63) is 56.7 Å². The molecule has 2 aromatic rings. The van der Waals surface area contributed by atoms with Crippen LogP contribution in [-0.2, 0) is 16.0 Å². The maximum atomic E-state index is 11.4. The van der Waals surface area contributed by atoms with Crippen molar-refractivity contribution >= 4 is 28.9 Å². The normalized spacial score (nSPS) is 12.2. The summed E-state index contributed by atoms with van der Waals surface area (Å²) in [5.74, 6) is -0.246. The highest BCUT2D eigenvalue weighted by Gasteiger charge is 2.19. The van der Waals surface area contributed by atoms with Crippen molar-refractivity contribution in [3.63, 3.8) is 0 Å². The lowest BCUT2D eigenvalue weighted by atomic mass is 9.95. The van der Waals surface area contributed by atoms with Crippen LogP contribution in [0.2, 0.25) is 5.02 Å². The third kappa shape index (κ3) is 3.20. The summed E-state index contributed by atoms with van der Waals surface area (Å²) >= 11 is 8.09. The van der Waals surface area contributed by atoms with Crippen LogP contribution < -0.4 is 5.73 Å². The van der Waals surface area contributed by atoms with E-state index in [-0.39, 0.29) is 18.3 Å². The Morgan fingerprint density at radius 1 is 1.40 bits per heavy atom. The van der Waals surface area contributed by atoms with Crippen LogP contribution in [0.25, 0.3) is 0 Å². The van der Waals surface area contributed by atoms with E-state index in [9.17, 15) is 4.79 Å². The molecule has 0 fully saturated rings. The second-order valence-corrected chi connectivity index (χ2v) is 5.73. The third-order valence-corrected chi connectivity index (χ3v) is 4.62. The van der Waals surface area contributed by atoms with Crippen LogP contribution in [0.1, 0.15) is 21.9 Å². The van der Waals surface area contributed by atoms with Crippen molar-refractivity contribution in [1.29, 1.82) is 0 Å². The molecule has 0 saturated heterocycles. The van der Waals surface area contributed by atoms with Crippen molar-refractivity contribution in [1.82, 2.24) is 0 Å². The molecule has 0 amide bonds. The first-order valence-electron chi connectivity index (χ1n) is 6.25. The summed E-state index contributed by atoms with van der Waals surface area (Å²) in [4.78, 5) is 12.6. The molecule has 1 aromatic heterocycles. The molecule has 0 aliphatic heterocycles. The average Bonchev–Trinajstić information content (AvgIpc) is 2.97. The number of carbonyl (C=O) groups is 1. The fourth-order valence-corrected chi connectivity index (χ4v) is 3.30. The van der Waals surface area contributed by atoms with Gasteiger partial charge >= 0.3 is 5.97 Å². The van der Waals surface area contributed by atoms with Crippen LogP contribution in [0.5, 0.6) is 0 Å². The number of carbonyl (C=O) groups excluding carboxylic acids is 1. The Bertz CT molecular complexity index is 584. The van der Waals surface area contributed by atoms with E-state index in [0.717, 1.165) is 11.1 Å². The second-order valence-electron chi connectivity index (χ2n) is 4.38. The standard InChI is InChI=1S/C15H16ClNO2S/c1-19-14(18)8-10-4-2-5-11(15(10)16)12(9-17)13-6-3-7-20-13/h2-7,12H,8-9,17H2,1H3. The number of benzene rings is 1. The smallest absolute Gasteiger partial charge is 0.310 e. The van der Waals surface area contributed by atoms with Gasteiger partial charge in [0.1, 0.15) is 0 Å². The lowest BCUT2D eigenvalue weighted by molar-refractivity contribution is -0.139. The lowest BCUT2D eigenvalue weighted by Gasteiger charge is -2.17. The van der Waals surface area contributed by atoms with Gasteiger partial charge in [-0.15, -0.1) is 11.3 Å². The van der Waals surface area contributed by atoms with E-state index in [1.165, 1.54) is 12.0 Å². The Kier molecular flexibility index (Phi) is 5.17. The number of esters is 1. The fraction of sp³-hybridized carbons (Fsp3) is 0.267. The minimum atomic E-state index is -0.301. The van der Waals surface area contributed by atoms with Gasteiger partial charge in [-0.25, -0.2) is 0 Å². The predicted molar refractivity (Wildman–Crippen MR) is 82.4 cm³/mol. The molecule has 1 heterocycles. The van der Waals surface area contributed by atoms with Crippen LogP contribution in [-0.4, -0.2) is 19.6 Å². The number of nitrogens with two attached hydrogens (primary N) is 1. The topological polar surface area (TPSA) is 52.3 Å². The summed E-state index contributed by atoms with van der Waals surface area (Å²) in [6.45, 7) is 0.474. The summed E-state index contributed by atoms with van der Waals surface area (Å²) in [6, 6.07) is 9.74. The van der Waals surface area contributed by atoms with Crippen molar-refractivity contribution in [2.24, 2.45) is 5.73 Å². The lowest BCUT2D eigenvalue weighted by Crippen LogP contribution is -2.14. The molecule has 0 radical (unpaired) electrons. The van der Waals surface area contributed by atoms with Gasteiger partial charge in [0.15, 0.2) is 0 Å². The molecule has 0 spiro atoms. The molecule has 20 heavy (non-hydrogen) atoms. The van der Waals surface area contributed by atoms with Crippen molar-refractivity contribution in [2.75, 3.05) is 13.7 Å². The average molecular weight is 310 g/mol. The first-order valence-corrected chi connectivity index (χ1v) is 7.50. The SMILES string of the molecule is COC(=O)Cc1cccc(C(CN)c2cccs2)c1Cl. The summed E-state index contributed by atoms with van der Waals surface area (Å²) in [5.41, 5.74) is 7.62. The molecule has 0 saturated carbocycles. The molecule has 1 atom stereocenters. The molecule has 0 aliphatic rings. The minimum Gasteiger partial charge on any atom is -0.469 e. The molecule has 0 bridgehead atoms. The highest BCUT2D eigenvalue weighted by atomic mass is 35.5. The summed E-state index contributed by atoms with van der Waals surface area (Å²) in [6.07, 6.45) is 0.172. The van der Waals surface area contributed by atoms with E-state index < -0.39 is 0 Å². The van der Waals surface area contributed by atoms with E-state index >= 15 is 0 Å². The van der Waals surface area contributed by atoms with Gasteiger partial charge < -0.3 is 10.5 Å². The molecule has 0 aliphatic carbocycles. The van der Waals surface area contributed by atoms with Gasteiger partial charge in [-0.3, -0.25) is 4.79 Å². The van der Waals surface area contributed by atoms with Crippen LogP contribution in [0.3, 0.4) is 0 Å². The first-order chi connectivity index (χ1) is 9.67. The third-order valence-electron chi connectivity index (χ3n) is 3.17. The molecule has 5 heteroatoms. The van der Waals surface area contributed by atoms with E-state index in [1.807, 2.05) is 35.7 Å². The molecule has 2 N–H and O–H groups in total. The molecule has 2 rings (SSSR count). The zero-order valence-corrected chi connectivity index (χ0v) is 12.7. The number of hydrogen-bond donors (Lipinski definition) is 1. The Hall–Kier alpha value is -1.36. The molecule has 1 unspecified atom stereocenters. The highest BCUT2D eigenvalue weighted by Crippen LogP contribution is 2.34. The van der Waals surface area contributed by atoms with E-state index in [1.54, 1.807) is 11.3 Å². The van der Waals surface area contributed by atoms with Gasteiger partial charge in [-0.2, -0.15) is 0 Å². The molecule has 106 valence electrons. The largest absolute Gasteiger partial charge is 0.469 e. The van der Waals surface area contributed by atoms with Crippen LogP contribution >= 0.6 is 22.9 Å². The first kappa shape index (κ1) is 15.0. The van der Waals surface area contributed by atoms with Crippen molar-refractivity contribution in [3.8, 4) is 0 Å². The van der Waals surface area contributed by atoms with Crippen LogP contribution in [0, 0.1) is 0 Å². The Balaban J connectivity index is 2.36. The monoisotopic (exact) mass is 309 g/mol. The molecule has 1 aromatic carbocycles. The molecular formula is C15H16ClNO2S. The number of rotatable bonds is 5. The van der Waals surface area contributed by atoms with E-state index in [2.05, 4.69) is 4.74 Å². The zero-order valence-electron chi connectivity index (χ0n) is 11.1. The maximum absolute atomic E-state index is 11.4. The van der Waals surface area contributed by atoms with Gasteiger partial charge in [0.2, 0.25) is 0 Å². The fourth-order valence-electron chi connectivity index (χ4n) is 2.12. The Labute approximate surface area is 127 Å². The van der Waals surface area contributed by atoms with Gasteiger partial charge in [0.05, 0.1) is 13.5 Å². The molecule has 3 nitrogen and oxygen atoms in total. The summed E-state index contributed by atoms with van der Waals surface area (Å²) < 4.78 is 4.69. The van der Waals surface area contributed by atoms with Gasteiger partial charge in [-0.1, -0.05) is 35.9 Å². The van der Waals surface area contributed by atoms with Gasteiger partial charge in [0.25, 0.3) is 0 Å². The zero-order chi connectivity index (χ0) is 14.5.